The molecule has 6 nitrogen and oxygen atoms in total. The Morgan fingerprint density at radius 1 is 0.409 bits per heavy atom. The number of hydrogen-bond donors (Lipinski definition) is 0. The van der Waals surface area contributed by atoms with Crippen LogP contribution in [-0.2, 0) is 18.4 Å². The second-order valence-electron chi connectivity index (χ2n) is 4.46. The van der Waals surface area contributed by atoms with E-state index in [9.17, 15) is 0 Å². The van der Waals surface area contributed by atoms with Gasteiger partial charge in [-0.1, -0.05) is 0 Å². The van der Waals surface area contributed by atoms with E-state index in [0.29, 0.717) is 39.6 Å². The standard InChI is InChI=1S/6C2H5O.C2H4.2Sn/c6*1-2-3;1-2;;/h6*2H2,1H3;1-2H2;;/q6*-1;;2*+3. The Hall–Kier alpha value is 1.36. The Morgan fingerprint density at radius 2 is 0.591 bits per heavy atom. The van der Waals surface area contributed by atoms with Gasteiger partial charge < -0.3 is 0 Å². The normalized spacial score (nSPS) is 12.8. The van der Waals surface area contributed by atoms with Crippen LogP contribution in [0.1, 0.15) is 41.5 Å². The van der Waals surface area contributed by atoms with Crippen molar-refractivity contribution >= 4 is 39.2 Å². The molecule has 0 spiro atoms. The fourth-order valence-electron chi connectivity index (χ4n) is 2.31. The van der Waals surface area contributed by atoms with Crippen molar-refractivity contribution in [2.24, 2.45) is 0 Å². The summed E-state index contributed by atoms with van der Waals surface area (Å²) < 4.78 is 37.3. The van der Waals surface area contributed by atoms with Crippen molar-refractivity contribution in [1.29, 1.82) is 0 Å². The first-order valence-corrected chi connectivity index (χ1v) is 19.4. The summed E-state index contributed by atoms with van der Waals surface area (Å²) in [7, 11) is 0. The van der Waals surface area contributed by atoms with E-state index in [4.69, 9.17) is 18.4 Å². The maximum absolute atomic E-state index is 5.97. The van der Waals surface area contributed by atoms with Crippen LogP contribution in [0.15, 0.2) is 0 Å². The molecule has 8 heteroatoms. The van der Waals surface area contributed by atoms with Gasteiger partial charge in [-0.15, -0.1) is 0 Å². The van der Waals surface area contributed by atoms with E-state index in [1.807, 2.05) is 41.5 Å². The van der Waals surface area contributed by atoms with Gasteiger partial charge in [-0.25, -0.2) is 0 Å². The molecule has 0 heterocycles. The van der Waals surface area contributed by atoms with Gasteiger partial charge in [0.1, 0.15) is 0 Å². The predicted molar refractivity (Wildman–Crippen MR) is 90.9 cm³/mol. The zero-order valence-electron chi connectivity index (χ0n) is 15.1. The van der Waals surface area contributed by atoms with Gasteiger partial charge in [-0.05, 0) is 0 Å². The summed E-state index contributed by atoms with van der Waals surface area (Å²) in [6.45, 7) is 15.5. The van der Waals surface area contributed by atoms with Crippen molar-refractivity contribution in [1.82, 2.24) is 0 Å². The molecule has 0 rings (SSSR count). The minimum absolute atomic E-state index is 0.608. The van der Waals surface area contributed by atoms with Gasteiger partial charge >= 0.3 is 148 Å². The summed E-state index contributed by atoms with van der Waals surface area (Å²) in [4.78, 5) is 0. The first kappa shape index (κ1) is 23.4. The molecule has 0 aliphatic carbocycles. The van der Waals surface area contributed by atoms with E-state index in [1.165, 1.54) is 0 Å². The summed E-state index contributed by atoms with van der Waals surface area (Å²) in [5.41, 5.74) is 0. The molecule has 134 valence electrons. The van der Waals surface area contributed by atoms with Crippen molar-refractivity contribution in [2.45, 2.75) is 50.4 Å². The molecular weight excluding hydrogens is 502 g/mol. The van der Waals surface area contributed by atoms with Crippen LogP contribution in [0.3, 0.4) is 0 Å². The molecule has 0 N–H and O–H groups in total. The summed E-state index contributed by atoms with van der Waals surface area (Å²) >= 11 is -7.04. The van der Waals surface area contributed by atoms with Crippen LogP contribution in [0, 0.1) is 0 Å². The first-order chi connectivity index (χ1) is 10.6. The first-order valence-electron chi connectivity index (χ1n) is 8.41. The molecule has 0 saturated heterocycles. The van der Waals surface area contributed by atoms with Crippen LogP contribution in [0.5, 0.6) is 0 Å². The molecule has 0 aromatic carbocycles. The second-order valence-corrected chi connectivity index (χ2v) is 20.1. The minimum atomic E-state index is -3.52. The Morgan fingerprint density at radius 3 is 0.727 bits per heavy atom. The fraction of sp³-hybridized carbons (Fsp3) is 1.00. The van der Waals surface area contributed by atoms with Gasteiger partial charge in [-0.3, -0.25) is 0 Å². The van der Waals surface area contributed by atoms with Crippen LogP contribution < -0.4 is 0 Å². The molecule has 0 atom stereocenters. The monoisotopic (exact) mass is 538 g/mol. The van der Waals surface area contributed by atoms with Crippen molar-refractivity contribution < 1.29 is 18.4 Å². The molecule has 0 aromatic heterocycles. The molecule has 0 radical (unpaired) electrons. The van der Waals surface area contributed by atoms with Crippen LogP contribution in [0.2, 0.25) is 8.87 Å². The van der Waals surface area contributed by atoms with E-state index < -0.39 is 39.2 Å². The van der Waals surface area contributed by atoms with Crippen LogP contribution in [0.4, 0.5) is 0 Å². The fourth-order valence-corrected chi connectivity index (χ4v) is 27.2. The Labute approximate surface area is 147 Å². The third-order valence-electron chi connectivity index (χ3n) is 2.92. The average Bonchev–Trinajstić information content (AvgIpc) is 2.47. The van der Waals surface area contributed by atoms with Gasteiger partial charge in [0.05, 0.1) is 0 Å². The molecule has 0 saturated carbocycles. The van der Waals surface area contributed by atoms with E-state index in [2.05, 4.69) is 0 Å². The predicted octanol–water partition coefficient (Wildman–Crippen LogP) is 3.08. The van der Waals surface area contributed by atoms with E-state index >= 15 is 0 Å². The molecule has 0 unspecified atom stereocenters. The van der Waals surface area contributed by atoms with E-state index in [-0.39, 0.29) is 0 Å². The summed E-state index contributed by atoms with van der Waals surface area (Å²) in [5, 5.41) is 0. The van der Waals surface area contributed by atoms with Crippen LogP contribution in [-0.4, -0.2) is 78.9 Å². The molecule has 0 bridgehead atoms. The summed E-state index contributed by atoms with van der Waals surface area (Å²) in [6, 6.07) is 0. The van der Waals surface area contributed by atoms with Crippen molar-refractivity contribution in [3.05, 3.63) is 0 Å². The molecule has 0 fully saturated rings. The zero-order valence-corrected chi connectivity index (χ0v) is 20.8. The molecule has 0 aliphatic heterocycles. The van der Waals surface area contributed by atoms with Crippen molar-refractivity contribution in [3.63, 3.8) is 0 Å². The van der Waals surface area contributed by atoms with E-state index in [0.717, 1.165) is 8.87 Å². The van der Waals surface area contributed by atoms with Crippen molar-refractivity contribution in [3.8, 4) is 0 Å². The molecule has 22 heavy (non-hydrogen) atoms. The van der Waals surface area contributed by atoms with Crippen molar-refractivity contribution in [2.75, 3.05) is 39.6 Å². The van der Waals surface area contributed by atoms with Gasteiger partial charge in [0.25, 0.3) is 0 Å². The number of rotatable bonds is 15. The Kier molecular flexibility index (Phi) is 14.5. The average molecular weight is 536 g/mol. The van der Waals surface area contributed by atoms with Crippen LogP contribution in [0.25, 0.3) is 0 Å². The summed E-state index contributed by atoms with van der Waals surface area (Å²) in [6.07, 6.45) is 0. The molecule has 0 amide bonds. The van der Waals surface area contributed by atoms with E-state index in [1.54, 1.807) is 0 Å². The van der Waals surface area contributed by atoms with Crippen LogP contribution >= 0.6 is 0 Å². The topological polar surface area (TPSA) is 55.4 Å². The van der Waals surface area contributed by atoms with Gasteiger partial charge in [-0.2, -0.15) is 0 Å². The molecule has 0 aliphatic rings. The second kappa shape index (κ2) is 13.6. The molecule has 0 aromatic rings. The Bertz CT molecular complexity index is 208. The summed E-state index contributed by atoms with van der Waals surface area (Å²) in [5.74, 6) is 0. The zero-order chi connectivity index (χ0) is 16.9. The van der Waals surface area contributed by atoms with Gasteiger partial charge in [0, 0.05) is 0 Å². The number of hydrogen-bond acceptors (Lipinski definition) is 6. The van der Waals surface area contributed by atoms with Gasteiger partial charge in [0.15, 0.2) is 0 Å². The third-order valence-corrected chi connectivity index (χ3v) is 24.4. The van der Waals surface area contributed by atoms with Gasteiger partial charge in [0.2, 0.25) is 0 Å². The Balaban J connectivity index is 5.04. The molecular formula is C14H34O6Sn2. The SMILES string of the molecule is CC[O][Sn]([CH2][CH2][Sn]([O]CC)([O]CC)[O]CC)([O]CC)[O]CC. The quantitative estimate of drug-likeness (QED) is 0.301. The maximum atomic E-state index is 5.97. The third kappa shape index (κ3) is 8.45.